The molecule has 0 saturated carbocycles. The van der Waals surface area contributed by atoms with Crippen LogP contribution in [0.15, 0.2) is 36.7 Å². The Labute approximate surface area is 263 Å². The van der Waals surface area contributed by atoms with E-state index < -0.39 is 12.1 Å². The molecule has 3 aromatic rings. The van der Waals surface area contributed by atoms with Crippen LogP contribution in [0.4, 0.5) is 0 Å². The zero-order chi connectivity index (χ0) is 32.5. The van der Waals surface area contributed by atoms with Gasteiger partial charge < -0.3 is 20.9 Å². The molecule has 1 aliphatic heterocycles. The maximum absolute atomic E-state index is 13.8. The highest BCUT2D eigenvalue weighted by Crippen LogP contribution is 2.21. The van der Waals surface area contributed by atoms with Gasteiger partial charge in [0, 0.05) is 32.5 Å². The zero-order valence-electron chi connectivity index (χ0n) is 26.7. The van der Waals surface area contributed by atoms with Crippen molar-refractivity contribution in [2.24, 2.45) is 5.92 Å². The molecule has 1 aliphatic rings. The number of carbonyl (C=O) groups excluding carboxylic acids is 4. The molecule has 1 aromatic carbocycles. The van der Waals surface area contributed by atoms with Crippen molar-refractivity contribution in [3.63, 3.8) is 0 Å². The van der Waals surface area contributed by atoms with Gasteiger partial charge in [0.05, 0.1) is 23.0 Å². The summed E-state index contributed by atoms with van der Waals surface area (Å²) in [6.45, 7) is 10.1. The van der Waals surface area contributed by atoms with Crippen LogP contribution in [0.25, 0.3) is 0 Å². The van der Waals surface area contributed by atoms with Gasteiger partial charge in [-0.3, -0.25) is 19.2 Å². The molecule has 4 amide bonds. The van der Waals surface area contributed by atoms with Crippen LogP contribution in [0.1, 0.15) is 78.1 Å². The molecule has 0 saturated heterocycles. The lowest BCUT2D eigenvalue weighted by Crippen LogP contribution is -2.50. The first-order chi connectivity index (χ1) is 21.5. The van der Waals surface area contributed by atoms with E-state index in [4.69, 9.17) is 0 Å². The summed E-state index contributed by atoms with van der Waals surface area (Å²) >= 11 is 0. The highest BCUT2D eigenvalue weighted by Gasteiger charge is 2.30. The van der Waals surface area contributed by atoms with Gasteiger partial charge in [-0.2, -0.15) is 5.10 Å². The van der Waals surface area contributed by atoms with E-state index in [2.05, 4.69) is 36.0 Å². The summed E-state index contributed by atoms with van der Waals surface area (Å²) in [5.74, 6) is -0.282. The summed E-state index contributed by atoms with van der Waals surface area (Å²) in [4.78, 5) is 68.2. The Morgan fingerprint density at radius 1 is 0.956 bits per heavy atom. The van der Waals surface area contributed by atoms with Gasteiger partial charge in [0.1, 0.15) is 24.7 Å². The lowest BCUT2D eigenvalue weighted by Gasteiger charge is -2.26. The molecule has 2 atom stereocenters. The Hall–Kier alpha value is -4.68. The number of aromatic nitrogens is 5. The smallest absolute Gasteiger partial charge is 0.257 e. The van der Waals surface area contributed by atoms with Gasteiger partial charge in [0.15, 0.2) is 5.82 Å². The molecular formula is C32H43N9O4. The monoisotopic (exact) mass is 617 g/mol. The van der Waals surface area contributed by atoms with Crippen LogP contribution >= 0.6 is 0 Å². The molecular weight excluding hydrogens is 574 g/mol. The first-order valence-electron chi connectivity index (χ1n) is 15.4. The van der Waals surface area contributed by atoms with E-state index in [0.717, 1.165) is 5.56 Å². The van der Waals surface area contributed by atoms with Crippen LogP contribution < -0.4 is 16.0 Å². The molecule has 0 spiro atoms. The van der Waals surface area contributed by atoms with Crippen molar-refractivity contribution in [3.05, 3.63) is 70.8 Å². The fourth-order valence-corrected chi connectivity index (χ4v) is 5.42. The molecule has 0 unspecified atom stereocenters. The molecule has 13 heteroatoms. The summed E-state index contributed by atoms with van der Waals surface area (Å²) in [7, 11) is 0. The quantitative estimate of drug-likeness (QED) is 0.400. The molecule has 0 aliphatic carbocycles. The van der Waals surface area contributed by atoms with Crippen LogP contribution in [-0.2, 0) is 27.3 Å². The summed E-state index contributed by atoms with van der Waals surface area (Å²) < 4.78 is 1.51. The lowest BCUT2D eigenvalue weighted by atomic mass is 10.0. The number of aryl methyl sites for hydroxylation is 3. The van der Waals surface area contributed by atoms with Crippen LogP contribution in [0.2, 0.25) is 0 Å². The molecule has 0 fully saturated rings. The highest BCUT2D eigenvalue weighted by atomic mass is 16.2. The SMILES string of the molecule is Cc1nc2n(n1)CC(=O)NCCCN(C(=O)c1c(C)ncnc1C)CCCC(=O)N[C@H](Cc1ccccc1)C(=O)N[C@H]2C(C)C. The third-order valence-electron chi connectivity index (χ3n) is 7.76. The van der Waals surface area contributed by atoms with Gasteiger partial charge in [-0.05, 0) is 45.1 Å². The molecule has 3 N–H and O–H groups in total. The number of hydrogen-bond acceptors (Lipinski definition) is 8. The average molecular weight is 618 g/mol. The Balaban J connectivity index is 1.62. The third-order valence-corrected chi connectivity index (χ3v) is 7.76. The minimum Gasteiger partial charge on any atom is -0.354 e. The number of amides is 4. The minimum absolute atomic E-state index is 0.0798. The van der Waals surface area contributed by atoms with E-state index in [1.807, 2.05) is 44.2 Å². The highest BCUT2D eigenvalue weighted by molar-refractivity contribution is 5.96. The lowest BCUT2D eigenvalue weighted by molar-refractivity contribution is -0.129. The summed E-state index contributed by atoms with van der Waals surface area (Å²) in [5, 5.41) is 13.3. The first kappa shape index (κ1) is 33.2. The number of rotatable bonds is 4. The second-order valence-corrected chi connectivity index (χ2v) is 11.7. The topological polar surface area (TPSA) is 164 Å². The first-order valence-corrected chi connectivity index (χ1v) is 15.4. The van der Waals surface area contributed by atoms with Gasteiger partial charge in [0.2, 0.25) is 17.7 Å². The number of nitrogens with one attached hydrogen (secondary N) is 3. The van der Waals surface area contributed by atoms with Crippen molar-refractivity contribution in [1.29, 1.82) is 0 Å². The second-order valence-electron chi connectivity index (χ2n) is 11.7. The zero-order valence-corrected chi connectivity index (χ0v) is 26.7. The minimum atomic E-state index is -0.856. The third kappa shape index (κ3) is 8.93. The van der Waals surface area contributed by atoms with Crippen molar-refractivity contribution >= 4 is 23.6 Å². The maximum Gasteiger partial charge on any atom is 0.257 e. The summed E-state index contributed by atoms with van der Waals surface area (Å²) in [6, 6.07) is 8.07. The van der Waals surface area contributed by atoms with Crippen LogP contribution in [0.5, 0.6) is 0 Å². The van der Waals surface area contributed by atoms with Gasteiger partial charge >= 0.3 is 0 Å². The van der Waals surface area contributed by atoms with Crippen molar-refractivity contribution in [2.45, 2.75) is 78.9 Å². The Morgan fingerprint density at radius 3 is 2.33 bits per heavy atom. The fourth-order valence-electron chi connectivity index (χ4n) is 5.42. The standard InChI is InChI=1S/C32H43N9O4/c1-20(2)29-30-36-23(5)39-41(30)18-27(43)33-14-10-16-40(32(45)28-21(3)34-19-35-22(28)4)15-9-13-26(42)37-25(31(44)38-29)17-24-11-7-6-8-12-24/h6-8,11-12,19-20,25,29H,9-10,13-18H2,1-5H3,(H,33,43)(H,37,42)(H,38,44)/t25-,29+/m1/s1. The van der Waals surface area contributed by atoms with E-state index in [0.29, 0.717) is 61.1 Å². The van der Waals surface area contributed by atoms with Crippen molar-refractivity contribution < 1.29 is 19.2 Å². The van der Waals surface area contributed by atoms with Gasteiger partial charge in [-0.25, -0.2) is 19.6 Å². The number of fused-ring (bicyclic) bond motifs is 1. The number of benzene rings is 1. The van der Waals surface area contributed by atoms with Gasteiger partial charge in [-0.15, -0.1) is 0 Å². The molecule has 3 heterocycles. The largest absolute Gasteiger partial charge is 0.354 e. The Kier molecular flexibility index (Phi) is 11.3. The summed E-state index contributed by atoms with van der Waals surface area (Å²) in [5.41, 5.74) is 2.48. The van der Waals surface area contributed by atoms with E-state index in [-0.39, 0.29) is 48.9 Å². The normalized spacial score (nSPS) is 19.2. The number of nitrogens with zero attached hydrogens (tertiary/aromatic N) is 6. The number of hydrogen-bond donors (Lipinski definition) is 3. The van der Waals surface area contributed by atoms with Crippen LogP contribution in [-0.4, -0.2) is 78.9 Å². The van der Waals surface area contributed by atoms with E-state index >= 15 is 0 Å². The van der Waals surface area contributed by atoms with E-state index in [9.17, 15) is 19.2 Å². The average Bonchev–Trinajstić information content (AvgIpc) is 3.35. The Morgan fingerprint density at radius 2 is 1.64 bits per heavy atom. The molecule has 2 aromatic heterocycles. The van der Waals surface area contributed by atoms with Crippen molar-refractivity contribution in [2.75, 3.05) is 19.6 Å². The summed E-state index contributed by atoms with van der Waals surface area (Å²) in [6.07, 6.45) is 2.71. The fraction of sp³-hybridized carbons (Fsp3) is 0.500. The molecule has 240 valence electrons. The van der Waals surface area contributed by atoms with Crippen LogP contribution in [0, 0.1) is 26.7 Å². The molecule has 13 nitrogen and oxygen atoms in total. The second kappa shape index (κ2) is 15.4. The van der Waals surface area contributed by atoms with E-state index in [1.54, 1.807) is 25.7 Å². The maximum atomic E-state index is 13.8. The molecule has 0 radical (unpaired) electrons. The molecule has 4 rings (SSSR count). The molecule has 45 heavy (non-hydrogen) atoms. The van der Waals surface area contributed by atoms with Gasteiger partial charge in [0.25, 0.3) is 5.91 Å². The van der Waals surface area contributed by atoms with Crippen molar-refractivity contribution in [1.82, 2.24) is 45.6 Å². The van der Waals surface area contributed by atoms with E-state index in [1.165, 1.54) is 11.0 Å². The predicted octanol–water partition coefficient (Wildman–Crippen LogP) is 1.98. The number of carbonyl (C=O) groups is 4. The van der Waals surface area contributed by atoms with Crippen molar-refractivity contribution in [3.8, 4) is 0 Å². The molecule has 0 bridgehead atoms. The predicted molar refractivity (Wildman–Crippen MR) is 167 cm³/mol. The van der Waals surface area contributed by atoms with Gasteiger partial charge in [-0.1, -0.05) is 44.2 Å². The van der Waals surface area contributed by atoms with Crippen LogP contribution in [0.3, 0.4) is 0 Å². The Bertz CT molecular complexity index is 1490.